The molecule has 0 spiro atoms. The number of unbranched alkanes of at least 4 members (excludes halogenated alkanes) is 11. The summed E-state index contributed by atoms with van der Waals surface area (Å²) in [5.41, 5.74) is 5.12. The molecule has 0 fully saturated rings. The molecule has 8 heteroatoms. The average molecular weight is 678 g/mol. The van der Waals surface area contributed by atoms with Crippen LogP contribution in [0.1, 0.15) is 83.5 Å². The number of aromatic nitrogens is 2. The van der Waals surface area contributed by atoms with E-state index < -0.39 is 24.2 Å². The smallest absolute Gasteiger partial charge is 0.233 e. The van der Waals surface area contributed by atoms with E-state index >= 15 is 0 Å². The molecule has 0 amide bonds. The standard InChI is InChI=1S/C36H65ClN2O2Si3/c1-42(2,3)31-44(6,7)32-43(4,5)30-20-16-12-10-8-9-11-14-18-28-40-34-23-21-33(22-24-34)35-25-26-36(39-38-35)41-29-19-15-13-17-27-37/h21-26H,8-20,27-32H2,1-7H3. The molecular formula is C36H65ClN2O2Si3. The Morgan fingerprint density at radius 2 is 1.09 bits per heavy atom. The SMILES string of the molecule is C[Si](C)(C)C[Si](C)(C)C[Si](C)(C)CCCCCCCCCCCOc1ccc(-c2ccc(OCCCCCCCl)nn2)cc1. The summed E-state index contributed by atoms with van der Waals surface area (Å²) >= 11 is 5.72. The highest BCUT2D eigenvalue weighted by molar-refractivity contribution is 7.02. The normalized spacial score (nSPS) is 12.5. The molecule has 0 saturated heterocycles. The third-order valence-electron chi connectivity index (χ3n) is 8.30. The van der Waals surface area contributed by atoms with Gasteiger partial charge in [-0.15, -0.1) is 21.8 Å². The molecular weight excluding hydrogens is 612 g/mol. The predicted molar refractivity (Wildman–Crippen MR) is 202 cm³/mol. The second kappa shape index (κ2) is 20.9. The Kier molecular flexibility index (Phi) is 18.5. The summed E-state index contributed by atoms with van der Waals surface area (Å²) in [6.07, 6.45) is 16.6. The van der Waals surface area contributed by atoms with Crippen molar-refractivity contribution in [1.29, 1.82) is 0 Å². The van der Waals surface area contributed by atoms with Gasteiger partial charge in [0.1, 0.15) is 5.75 Å². The van der Waals surface area contributed by atoms with Crippen LogP contribution in [0.25, 0.3) is 11.3 Å². The Morgan fingerprint density at radius 3 is 1.64 bits per heavy atom. The van der Waals surface area contributed by atoms with Gasteiger partial charge in [-0.25, -0.2) is 0 Å². The maximum absolute atomic E-state index is 5.99. The number of alkyl halides is 1. The van der Waals surface area contributed by atoms with Crippen LogP contribution >= 0.6 is 11.6 Å². The Balaban J connectivity index is 1.49. The highest BCUT2D eigenvalue weighted by Gasteiger charge is 2.34. The highest BCUT2D eigenvalue weighted by atomic mass is 35.5. The van der Waals surface area contributed by atoms with Gasteiger partial charge in [-0.1, -0.05) is 127 Å². The number of ether oxygens (including phenoxy) is 2. The van der Waals surface area contributed by atoms with Crippen molar-refractivity contribution in [2.75, 3.05) is 19.1 Å². The van der Waals surface area contributed by atoms with Gasteiger partial charge in [-0.3, -0.25) is 0 Å². The van der Waals surface area contributed by atoms with E-state index in [-0.39, 0.29) is 0 Å². The van der Waals surface area contributed by atoms with E-state index in [1.165, 1.54) is 51.4 Å². The molecule has 250 valence electrons. The van der Waals surface area contributed by atoms with Gasteiger partial charge in [0.2, 0.25) is 5.88 Å². The van der Waals surface area contributed by atoms with Gasteiger partial charge < -0.3 is 9.47 Å². The van der Waals surface area contributed by atoms with Gasteiger partial charge in [-0.2, -0.15) is 0 Å². The van der Waals surface area contributed by atoms with Crippen molar-refractivity contribution in [2.45, 2.75) is 147 Å². The van der Waals surface area contributed by atoms with Crippen molar-refractivity contribution in [3.8, 4) is 22.9 Å². The topological polar surface area (TPSA) is 44.2 Å². The number of benzene rings is 1. The van der Waals surface area contributed by atoms with Gasteiger partial charge in [0.25, 0.3) is 0 Å². The van der Waals surface area contributed by atoms with Crippen LogP contribution in [-0.2, 0) is 0 Å². The molecule has 2 rings (SSSR count). The van der Waals surface area contributed by atoms with Gasteiger partial charge in [-0.05, 0) is 49.6 Å². The lowest BCUT2D eigenvalue weighted by atomic mass is 10.1. The maximum Gasteiger partial charge on any atom is 0.233 e. The molecule has 0 atom stereocenters. The minimum absolute atomic E-state index is 0.579. The van der Waals surface area contributed by atoms with E-state index in [1.54, 1.807) is 17.4 Å². The Labute approximate surface area is 279 Å². The lowest BCUT2D eigenvalue weighted by Gasteiger charge is -2.36. The van der Waals surface area contributed by atoms with E-state index in [4.69, 9.17) is 21.1 Å². The third kappa shape index (κ3) is 18.7. The molecule has 0 N–H and O–H groups in total. The zero-order valence-corrected chi connectivity index (χ0v) is 33.2. The Bertz CT molecular complexity index is 1010. The summed E-state index contributed by atoms with van der Waals surface area (Å²) in [6.45, 7) is 19.8. The molecule has 0 aliphatic rings. The quantitative estimate of drug-likeness (QED) is 0.0596. The van der Waals surface area contributed by atoms with Crippen molar-refractivity contribution in [3.63, 3.8) is 0 Å². The number of hydrogen-bond donors (Lipinski definition) is 0. The van der Waals surface area contributed by atoms with Crippen LogP contribution in [0.5, 0.6) is 11.6 Å². The fourth-order valence-corrected chi connectivity index (χ4v) is 32.6. The first-order valence-electron chi connectivity index (χ1n) is 17.6. The zero-order valence-electron chi connectivity index (χ0n) is 29.5. The molecule has 2 aromatic rings. The predicted octanol–water partition coefficient (Wildman–Crippen LogP) is 12.0. The van der Waals surface area contributed by atoms with E-state index in [0.717, 1.165) is 61.6 Å². The molecule has 0 radical (unpaired) electrons. The van der Waals surface area contributed by atoms with Crippen LogP contribution in [0.4, 0.5) is 0 Å². The van der Waals surface area contributed by atoms with E-state index in [0.29, 0.717) is 12.5 Å². The van der Waals surface area contributed by atoms with Crippen molar-refractivity contribution in [1.82, 2.24) is 10.2 Å². The van der Waals surface area contributed by atoms with Gasteiger partial charge in [0.15, 0.2) is 0 Å². The fraction of sp³-hybridized carbons (Fsp3) is 0.722. The van der Waals surface area contributed by atoms with Crippen LogP contribution in [0, 0.1) is 0 Å². The monoisotopic (exact) mass is 676 g/mol. The third-order valence-corrected chi connectivity index (χ3v) is 26.0. The van der Waals surface area contributed by atoms with E-state index in [9.17, 15) is 0 Å². The van der Waals surface area contributed by atoms with Crippen LogP contribution in [0.3, 0.4) is 0 Å². The highest BCUT2D eigenvalue weighted by Crippen LogP contribution is 2.31. The zero-order chi connectivity index (χ0) is 32.3. The summed E-state index contributed by atoms with van der Waals surface area (Å²) < 4.78 is 11.7. The Hall–Kier alpha value is -1.16. The molecule has 0 bridgehead atoms. The first-order chi connectivity index (χ1) is 20.9. The van der Waals surface area contributed by atoms with Crippen LogP contribution in [0.15, 0.2) is 36.4 Å². The number of nitrogens with zero attached hydrogens (tertiary/aromatic N) is 2. The van der Waals surface area contributed by atoms with Crippen LogP contribution < -0.4 is 9.47 Å². The number of halogens is 1. The second-order valence-electron chi connectivity index (χ2n) is 15.8. The van der Waals surface area contributed by atoms with Gasteiger partial charge in [0.05, 0.1) is 18.9 Å². The fourth-order valence-electron chi connectivity index (χ4n) is 7.01. The van der Waals surface area contributed by atoms with Gasteiger partial charge >= 0.3 is 0 Å². The molecule has 4 nitrogen and oxygen atoms in total. The van der Waals surface area contributed by atoms with E-state index in [2.05, 4.69) is 68.2 Å². The molecule has 0 aliphatic heterocycles. The second-order valence-corrected chi connectivity index (χ2v) is 33.2. The molecule has 1 aromatic heterocycles. The van der Waals surface area contributed by atoms with Crippen LogP contribution in [-0.4, -0.2) is 53.5 Å². The summed E-state index contributed by atoms with van der Waals surface area (Å²) in [7, 11) is -2.97. The van der Waals surface area contributed by atoms with Crippen molar-refractivity contribution >= 4 is 35.8 Å². The molecule has 0 unspecified atom stereocenters. The summed E-state index contributed by atoms with van der Waals surface area (Å²) in [6, 6.07) is 13.6. The first kappa shape index (κ1) is 39.0. The largest absolute Gasteiger partial charge is 0.494 e. The number of rotatable bonds is 25. The van der Waals surface area contributed by atoms with E-state index in [1.807, 2.05) is 24.3 Å². The van der Waals surface area contributed by atoms with Gasteiger partial charge in [0, 0.05) is 41.7 Å². The summed E-state index contributed by atoms with van der Waals surface area (Å²) in [5, 5.41) is 8.57. The minimum Gasteiger partial charge on any atom is -0.494 e. The molecule has 44 heavy (non-hydrogen) atoms. The van der Waals surface area contributed by atoms with Crippen molar-refractivity contribution in [3.05, 3.63) is 36.4 Å². The summed E-state index contributed by atoms with van der Waals surface area (Å²) in [4.78, 5) is 0. The van der Waals surface area contributed by atoms with Crippen molar-refractivity contribution in [2.24, 2.45) is 0 Å². The Morgan fingerprint density at radius 1 is 0.545 bits per heavy atom. The lowest BCUT2D eigenvalue weighted by Crippen LogP contribution is -2.44. The maximum atomic E-state index is 5.99. The number of hydrogen-bond acceptors (Lipinski definition) is 4. The average Bonchev–Trinajstić information content (AvgIpc) is 2.94. The van der Waals surface area contributed by atoms with Crippen molar-refractivity contribution < 1.29 is 9.47 Å². The molecule has 1 aromatic carbocycles. The first-order valence-corrected chi connectivity index (χ1v) is 28.7. The minimum atomic E-state index is -1.03. The van der Waals surface area contributed by atoms with Crippen LogP contribution in [0.2, 0.25) is 63.2 Å². The summed E-state index contributed by atoms with van der Waals surface area (Å²) in [5.74, 6) is 2.24. The lowest BCUT2D eigenvalue weighted by molar-refractivity contribution is 0.290. The molecule has 1 heterocycles. The molecule has 0 aliphatic carbocycles. The molecule has 0 saturated carbocycles.